The van der Waals surface area contributed by atoms with Gasteiger partial charge in [-0.05, 0) is 42.9 Å². The van der Waals surface area contributed by atoms with Gasteiger partial charge in [-0.1, -0.05) is 25.8 Å². The van der Waals surface area contributed by atoms with Crippen molar-refractivity contribution >= 4 is 5.69 Å². The highest BCUT2D eigenvalue weighted by Crippen LogP contribution is 2.28. The third-order valence-corrected chi connectivity index (χ3v) is 3.72. The molecule has 17 heavy (non-hydrogen) atoms. The molecule has 2 nitrogen and oxygen atoms in total. The van der Waals surface area contributed by atoms with E-state index in [2.05, 4.69) is 18.3 Å². The molecule has 90 valence electrons. The van der Waals surface area contributed by atoms with Crippen LogP contribution in [0.15, 0.2) is 24.3 Å². The van der Waals surface area contributed by atoms with E-state index in [0.717, 1.165) is 29.6 Å². The van der Waals surface area contributed by atoms with Gasteiger partial charge in [-0.3, -0.25) is 0 Å². The minimum absolute atomic E-state index is 0.729. The van der Waals surface area contributed by atoms with Crippen molar-refractivity contribution in [2.75, 3.05) is 11.9 Å². The first-order valence-electron chi connectivity index (χ1n) is 6.52. The van der Waals surface area contributed by atoms with Crippen molar-refractivity contribution < 1.29 is 0 Å². The minimum atomic E-state index is 0.729. The topological polar surface area (TPSA) is 35.8 Å². The number of nitrogens with one attached hydrogen (secondary N) is 1. The number of nitriles is 1. The molecule has 1 fully saturated rings. The van der Waals surface area contributed by atoms with Gasteiger partial charge in [-0.25, -0.2) is 0 Å². The normalized spacial score (nSPS) is 24.0. The number of benzene rings is 1. The lowest BCUT2D eigenvalue weighted by Crippen LogP contribution is -2.20. The van der Waals surface area contributed by atoms with Crippen LogP contribution in [0.25, 0.3) is 0 Å². The van der Waals surface area contributed by atoms with Crippen LogP contribution in [0.5, 0.6) is 0 Å². The van der Waals surface area contributed by atoms with Gasteiger partial charge < -0.3 is 5.32 Å². The maximum absolute atomic E-state index is 8.83. The minimum Gasteiger partial charge on any atom is -0.385 e. The van der Waals surface area contributed by atoms with Crippen molar-refractivity contribution in [3.8, 4) is 6.07 Å². The van der Waals surface area contributed by atoms with E-state index < -0.39 is 0 Å². The largest absolute Gasteiger partial charge is 0.385 e. The van der Waals surface area contributed by atoms with E-state index in [1.165, 1.54) is 25.7 Å². The zero-order chi connectivity index (χ0) is 12.1. The Hall–Kier alpha value is -1.49. The van der Waals surface area contributed by atoms with Gasteiger partial charge in [0.25, 0.3) is 0 Å². The van der Waals surface area contributed by atoms with Crippen LogP contribution < -0.4 is 5.32 Å². The first-order valence-corrected chi connectivity index (χ1v) is 6.52. The molecule has 0 bridgehead atoms. The van der Waals surface area contributed by atoms with Crippen molar-refractivity contribution in [2.24, 2.45) is 11.8 Å². The Morgan fingerprint density at radius 3 is 2.76 bits per heavy atom. The third kappa shape index (κ3) is 3.49. The molecule has 2 heteroatoms. The van der Waals surface area contributed by atoms with Crippen molar-refractivity contribution in [1.82, 2.24) is 0 Å². The highest BCUT2D eigenvalue weighted by Gasteiger charge is 2.17. The molecule has 0 heterocycles. The van der Waals surface area contributed by atoms with E-state index in [9.17, 15) is 0 Å². The summed E-state index contributed by atoms with van der Waals surface area (Å²) in [5.41, 5.74) is 1.80. The van der Waals surface area contributed by atoms with Crippen molar-refractivity contribution in [3.05, 3.63) is 29.8 Å². The second-order valence-corrected chi connectivity index (χ2v) is 5.20. The highest BCUT2D eigenvalue weighted by molar-refractivity contribution is 5.49. The smallest absolute Gasteiger partial charge is 0.0992 e. The lowest BCUT2D eigenvalue weighted by molar-refractivity contribution is 0.300. The monoisotopic (exact) mass is 228 g/mol. The van der Waals surface area contributed by atoms with E-state index >= 15 is 0 Å². The lowest BCUT2D eigenvalue weighted by Gasteiger charge is -2.26. The molecule has 0 radical (unpaired) electrons. The summed E-state index contributed by atoms with van der Waals surface area (Å²) in [6.07, 6.45) is 5.41. The summed E-state index contributed by atoms with van der Waals surface area (Å²) >= 11 is 0. The van der Waals surface area contributed by atoms with Crippen LogP contribution in [0.4, 0.5) is 5.69 Å². The Morgan fingerprint density at radius 2 is 2.06 bits per heavy atom. The predicted molar refractivity (Wildman–Crippen MR) is 70.8 cm³/mol. The van der Waals surface area contributed by atoms with Crippen LogP contribution in [0.1, 0.15) is 38.2 Å². The van der Waals surface area contributed by atoms with Crippen LogP contribution in [-0.2, 0) is 0 Å². The molecule has 1 aromatic carbocycles. The third-order valence-electron chi connectivity index (χ3n) is 3.72. The first kappa shape index (κ1) is 12.0. The molecule has 0 spiro atoms. The number of hydrogen-bond donors (Lipinski definition) is 1. The second-order valence-electron chi connectivity index (χ2n) is 5.20. The summed E-state index contributed by atoms with van der Waals surface area (Å²) in [5, 5.41) is 12.3. The molecule has 1 aromatic rings. The maximum atomic E-state index is 8.83. The number of rotatable bonds is 3. The Kier molecular flexibility index (Phi) is 4.03. The fraction of sp³-hybridized carbons (Fsp3) is 0.533. The van der Waals surface area contributed by atoms with Gasteiger partial charge in [0.15, 0.2) is 0 Å². The molecule has 0 saturated heterocycles. The predicted octanol–water partition coefficient (Wildman–Crippen LogP) is 3.80. The van der Waals surface area contributed by atoms with Crippen LogP contribution in [0, 0.1) is 23.2 Å². The van der Waals surface area contributed by atoms with Crippen molar-refractivity contribution in [2.45, 2.75) is 32.6 Å². The van der Waals surface area contributed by atoms with Crippen molar-refractivity contribution in [3.63, 3.8) is 0 Å². The van der Waals surface area contributed by atoms with E-state index in [-0.39, 0.29) is 0 Å². The highest BCUT2D eigenvalue weighted by atomic mass is 14.9. The van der Waals surface area contributed by atoms with Crippen LogP contribution in [0.2, 0.25) is 0 Å². The zero-order valence-corrected chi connectivity index (χ0v) is 10.4. The number of hydrogen-bond acceptors (Lipinski definition) is 2. The van der Waals surface area contributed by atoms with E-state index in [0.29, 0.717) is 0 Å². The molecule has 1 aliphatic rings. The van der Waals surface area contributed by atoms with Gasteiger partial charge in [0, 0.05) is 12.2 Å². The molecule has 0 aliphatic heterocycles. The molecule has 1 saturated carbocycles. The molecule has 1 N–H and O–H groups in total. The van der Waals surface area contributed by atoms with Crippen molar-refractivity contribution in [1.29, 1.82) is 5.26 Å². The van der Waals surface area contributed by atoms with E-state index in [1.54, 1.807) is 0 Å². The van der Waals surface area contributed by atoms with Gasteiger partial charge in [0.1, 0.15) is 0 Å². The number of anilines is 1. The quantitative estimate of drug-likeness (QED) is 0.854. The standard InChI is InChI=1S/C15H20N2/c1-12-5-7-13(8-6-12)11-17-15-4-2-3-14(9-15)10-16/h2-4,9,12-13,17H,5-8,11H2,1H3. The Bertz CT molecular complexity index is 398. The fourth-order valence-electron chi connectivity index (χ4n) is 2.49. The average molecular weight is 228 g/mol. The van der Waals surface area contributed by atoms with Gasteiger partial charge in [-0.2, -0.15) is 5.26 Å². The number of nitrogens with zero attached hydrogens (tertiary/aromatic N) is 1. The van der Waals surface area contributed by atoms with Crippen LogP contribution in [-0.4, -0.2) is 6.54 Å². The fourth-order valence-corrected chi connectivity index (χ4v) is 2.49. The molecular formula is C15H20N2. The Morgan fingerprint density at radius 1 is 1.29 bits per heavy atom. The molecule has 2 rings (SSSR count). The van der Waals surface area contributed by atoms with E-state index in [1.807, 2.05) is 24.3 Å². The Labute approximate surface area is 104 Å². The van der Waals surface area contributed by atoms with Gasteiger partial charge in [0.2, 0.25) is 0 Å². The summed E-state index contributed by atoms with van der Waals surface area (Å²) in [7, 11) is 0. The van der Waals surface area contributed by atoms with Gasteiger partial charge in [0.05, 0.1) is 11.6 Å². The second kappa shape index (κ2) is 5.72. The summed E-state index contributed by atoms with van der Waals surface area (Å²) in [5.74, 6) is 1.71. The lowest BCUT2D eigenvalue weighted by atomic mass is 9.83. The first-order chi connectivity index (χ1) is 8.28. The van der Waals surface area contributed by atoms with Crippen LogP contribution in [0.3, 0.4) is 0 Å². The summed E-state index contributed by atoms with van der Waals surface area (Å²) < 4.78 is 0. The summed E-state index contributed by atoms with van der Waals surface area (Å²) in [6, 6.07) is 9.90. The molecule has 0 unspecified atom stereocenters. The molecule has 0 aromatic heterocycles. The molecule has 0 atom stereocenters. The Balaban J connectivity index is 1.83. The molecular weight excluding hydrogens is 208 g/mol. The SMILES string of the molecule is CC1CCC(CNc2cccc(C#N)c2)CC1. The van der Waals surface area contributed by atoms with Gasteiger partial charge in [-0.15, -0.1) is 0 Å². The maximum Gasteiger partial charge on any atom is 0.0992 e. The zero-order valence-electron chi connectivity index (χ0n) is 10.4. The summed E-state index contributed by atoms with van der Waals surface area (Å²) in [6.45, 7) is 3.39. The van der Waals surface area contributed by atoms with E-state index in [4.69, 9.17) is 5.26 Å². The molecule has 0 amide bonds. The summed E-state index contributed by atoms with van der Waals surface area (Å²) in [4.78, 5) is 0. The van der Waals surface area contributed by atoms with Crippen LogP contribution >= 0.6 is 0 Å². The average Bonchev–Trinajstić information content (AvgIpc) is 2.38. The van der Waals surface area contributed by atoms with Gasteiger partial charge >= 0.3 is 0 Å². The molecule has 1 aliphatic carbocycles.